The van der Waals surface area contributed by atoms with Gasteiger partial charge in [0.15, 0.2) is 0 Å². The summed E-state index contributed by atoms with van der Waals surface area (Å²) < 4.78 is 2.22. The molecule has 2 aromatic rings. The van der Waals surface area contributed by atoms with Gasteiger partial charge in [-0.05, 0) is 17.7 Å². The van der Waals surface area contributed by atoms with E-state index in [9.17, 15) is 0 Å². The molecule has 1 aromatic carbocycles. The molecule has 1 aromatic heterocycles. The molecule has 0 saturated heterocycles. The standard InChI is InChI=1S/C16H19N2/c1-17(2)16-12-6-7-13-18(16)14-8-11-15-9-4-3-5-10-15/h3-13H,14H2,1-2H3/q+1. The Kier molecular flexibility index (Phi) is 4.13. The van der Waals surface area contributed by atoms with Crippen molar-refractivity contribution in [2.45, 2.75) is 6.54 Å². The maximum absolute atomic E-state index is 2.22. The predicted octanol–water partition coefficient (Wildman–Crippen LogP) is 2.75. The highest BCUT2D eigenvalue weighted by Gasteiger charge is 2.07. The smallest absolute Gasteiger partial charge is 0.267 e. The molecule has 0 fully saturated rings. The van der Waals surface area contributed by atoms with Gasteiger partial charge in [0.05, 0.1) is 20.3 Å². The van der Waals surface area contributed by atoms with E-state index in [1.165, 1.54) is 11.4 Å². The van der Waals surface area contributed by atoms with Crippen molar-refractivity contribution in [3.63, 3.8) is 0 Å². The lowest BCUT2D eigenvalue weighted by Crippen LogP contribution is -2.38. The lowest BCUT2D eigenvalue weighted by molar-refractivity contribution is -0.674. The lowest BCUT2D eigenvalue weighted by atomic mass is 10.2. The number of aromatic nitrogens is 1. The molecule has 0 amide bonds. The third-order valence-electron chi connectivity index (χ3n) is 2.79. The van der Waals surface area contributed by atoms with Crippen LogP contribution in [0.5, 0.6) is 0 Å². The number of hydrogen-bond acceptors (Lipinski definition) is 1. The maximum Gasteiger partial charge on any atom is 0.276 e. The van der Waals surface area contributed by atoms with Crippen LogP contribution < -0.4 is 9.47 Å². The Hall–Kier alpha value is -2.09. The van der Waals surface area contributed by atoms with Crippen molar-refractivity contribution in [1.29, 1.82) is 0 Å². The zero-order valence-corrected chi connectivity index (χ0v) is 11.0. The molecular weight excluding hydrogens is 220 g/mol. The lowest BCUT2D eigenvalue weighted by Gasteiger charge is -2.08. The molecule has 92 valence electrons. The van der Waals surface area contributed by atoms with Crippen molar-refractivity contribution in [2.24, 2.45) is 0 Å². The summed E-state index contributed by atoms with van der Waals surface area (Å²) in [4.78, 5) is 2.12. The zero-order valence-electron chi connectivity index (χ0n) is 11.0. The Morgan fingerprint density at radius 3 is 2.44 bits per heavy atom. The molecule has 2 heteroatoms. The second kappa shape index (κ2) is 6.01. The van der Waals surface area contributed by atoms with E-state index in [2.05, 4.69) is 84.4 Å². The van der Waals surface area contributed by atoms with Gasteiger partial charge in [-0.25, -0.2) is 4.57 Å². The van der Waals surface area contributed by atoms with Crippen molar-refractivity contribution in [3.05, 3.63) is 66.4 Å². The average Bonchev–Trinajstić information content (AvgIpc) is 2.40. The second-order valence-corrected chi connectivity index (χ2v) is 4.42. The molecule has 2 nitrogen and oxygen atoms in total. The summed E-state index contributed by atoms with van der Waals surface area (Å²) >= 11 is 0. The minimum Gasteiger partial charge on any atom is -0.267 e. The predicted molar refractivity (Wildman–Crippen MR) is 76.4 cm³/mol. The van der Waals surface area contributed by atoms with Crippen LogP contribution in [0.2, 0.25) is 0 Å². The first kappa shape index (κ1) is 12.4. The van der Waals surface area contributed by atoms with Gasteiger partial charge in [-0.1, -0.05) is 42.5 Å². The Morgan fingerprint density at radius 2 is 1.72 bits per heavy atom. The molecule has 0 unspecified atom stereocenters. The van der Waals surface area contributed by atoms with E-state index in [4.69, 9.17) is 0 Å². The molecule has 0 saturated carbocycles. The van der Waals surface area contributed by atoms with Crippen LogP contribution in [0.4, 0.5) is 5.82 Å². The number of allylic oxidation sites excluding steroid dienone is 1. The average molecular weight is 239 g/mol. The quantitative estimate of drug-likeness (QED) is 0.744. The molecule has 0 radical (unpaired) electrons. The van der Waals surface area contributed by atoms with Gasteiger partial charge in [-0.2, -0.15) is 0 Å². The van der Waals surface area contributed by atoms with Crippen LogP contribution in [0, 0.1) is 0 Å². The molecule has 1 heterocycles. The van der Waals surface area contributed by atoms with Crippen LogP contribution in [-0.2, 0) is 6.54 Å². The summed E-state index contributed by atoms with van der Waals surface area (Å²) in [6.07, 6.45) is 6.44. The maximum atomic E-state index is 2.22. The molecule has 0 bridgehead atoms. The van der Waals surface area contributed by atoms with Gasteiger partial charge in [-0.3, -0.25) is 4.90 Å². The summed E-state index contributed by atoms with van der Waals surface area (Å²) in [7, 11) is 4.12. The van der Waals surface area contributed by atoms with Gasteiger partial charge in [-0.15, -0.1) is 0 Å². The summed E-state index contributed by atoms with van der Waals surface area (Å²) in [5.74, 6) is 1.20. The van der Waals surface area contributed by atoms with Crippen molar-refractivity contribution < 1.29 is 4.57 Å². The third-order valence-corrected chi connectivity index (χ3v) is 2.79. The van der Waals surface area contributed by atoms with Gasteiger partial charge in [0.2, 0.25) is 0 Å². The van der Waals surface area contributed by atoms with E-state index in [1.54, 1.807) is 0 Å². The summed E-state index contributed by atoms with van der Waals surface area (Å²) in [5.41, 5.74) is 1.24. The van der Waals surface area contributed by atoms with E-state index in [1.807, 2.05) is 6.07 Å². The molecule has 18 heavy (non-hydrogen) atoms. The van der Waals surface area contributed by atoms with Crippen LogP contribution >= 0.6 is 0 Å². The third kappa shape index (κ3) is 3.20. The molecular formula is C16H19N2+. The van der Waals surface area contributed by atoms with Gasteiger partial charge < -0.3 is 0 Å². The normalized spacial score (nSPS) is 10.8. The fraction of sp³-hybridized carbons (Fsp3) is 0.188. The van der Waals surface area contributed by atoms with Crippen LogP contribution in [0.1, 0.15) is 5.56 Å². The first-order valence-corrected chi connectivity index (χ1v) is 6.15. The number of pyridine rings is 1. The Labute approximate surface area is 109 Å². The van der Waals surface area contributed by atoms with Gasteiger partial charge in [0.1, 0.15) is 6.54 Å². The Bertz CT molecular complexity index is 516. The summed E-state index contributed by atoms with van der Waals surface area (Å²) in [6, 6.07) is 16.6. The summed E-state index contributed by atoms with van der Waals surface area (Å²) in [5, 5.41) is 0. The molecule has 0 aliphatic heterocycles. The molecule has 0 atom stereocenters. The first-order valence-electron chi connectivity index (χ1n) is 6.15. The van der Waals surface area contributed by atoms with Crippen molar-refractivity contribution in [2.75, 3.05) is 19.0 Å². The molecule has 0 N–H and O–H groups in total. The highest BCUT2D eigenvalue weighted by atomic mass is 15.2. The first-order chi connectivity index (χ1) is 8.77. The monoisotopic (exact) mass is 239 g/mol. The topological polar surface area (TPSA) is 7.12 Å². The highest BCUT2D eigenvalue weighted by molar-refractivity contribution is 5.48. The van der Waals surface area contributed by atoms with Crippen LogP contribution in [0.3, 0.4) is 0 Å². The van der Waals surface area contributed by atoms with Crippen LogP contribution in [0.25, 0.3) is 6.08 Å². The van der Waals surface area contributed by atoms with E-state index < -0.39 is 0 Å². The number of hydrogen-bond donors (Lipinski definition) is 0. The zero-order chi connectivity index (χ0) is 12.8. The molecule has 2 rings (SSSR count). The number of nitrogens with zero attached hydrogens (tertiary/aromatic N) is 2. The minimum atomic E-state index is 0.878. The van der Waals surface area contributed by atoms with E-state index in [0.29, 0.717) is 0 Å². The van der Waals surface area contributed by atoms with Gasteiger partial charge >= 0.3 is 0 Å². The summed E-state index contributed by atoms with van der Waals surface area (Å²) in [6.45, 7) is 0.878. The fourth-order valence-electron chi connectivity index (χ4n) is 1.89. The number of benzene rings is 1. The molecule has 0 spiro atoms. The number of anilines is 1. The van der Waals surface area contributed by atoms with E-state index in [-0.39, 0.29) is 0 Å². The van der Waals surface area contributed by atoms with Gasteiger partial charge in [0.25, 0.3) is 5.82 Å². The van der Waals surface area contributed by atoms with Crippen LogP contribution in [-0.4, -0.2) is 14.1 Å². The van der Waals surface area contributed by atoms with E-state index in [0.717, 1.165) is 6.54 Å². The molecule has 0 aliphatic rings. The minimum absolute atomic E-state index is 0.878. The Balaban J connectivity index is 2.09. The van der Waals surface area contributed by atoms with Crippen molar-refractivity contribution in [3.8, 4) is 0 Å². The fourth-order valence-corrected chi connectivity index (χ4v) is 1.89. The van der Waals surface area contributed by atoms with E-state index >= 15 is 0 Å². The Morgan fingerprint density at radius 1 is 1.00 bits per heavy atom. The highest BCUT2D eigenvalue weighted by Crippen LogP contribution is 2.04. The molecule has 0 aliphatic carbocycles. The number of rotatable bonds is 4. The van der Waals surface area contributed by atoms with Crippen LogP contribution in [0.15, 0.2) is 60.8 Å². The largest absolute Gasteiger partial charge is 0.276 e. The van der Waals surface area contributed by atoms with Crippen molar-refractivity contribution in [1.82, 2.24) is 0 Å². The van der Waals surface area contributed by atoms with Crippen molar-refractivity contribution >= 4 is 11.9 Å². The second-order valence-electron chi connectivity index (χ2n) is 4.42. The SMILES string of the molecule is CN(C)c1cccc[n+]1CC=Cc1ccccc1. The van der Waals surface area contributed by atoms with Gasteiger partial charge in [0, 0.05) is 6.07 Å².